The van der Waals surface area contributed by atoms with E-state index in [2.05, 4.69) is 77.3 Å². The molecule has 0 saturated carbocycles. The van der Waals surface area contributed by atoms with Gasteiger partial charge in [0.1, 0.15) is 13.1 Å². The van der Waals surface area contributed by atoms with Gasteiger partial charge in [-0.25, -0.2) is 13.7 Å². The molecule has 0 rings (SSSR count). The van der Waals surface area contributed by atoms with Crippen LogP contribution in [0.3, 0.4) is 0 Å². The minimum absolute atomic E-state index is 0. The van der Waals surface area contributed by atoms with Crippen molar-refractivity contribution in [1.82, 2.24) is 9.34 Å². The summed E-state index contributed by atoms with van der Waals surface area (Å²) < 4.78 is 8.55. The van der Waals surface area contributed by atoms with Gasteiger partial charge in [-0.1, -0.05) is 41.5 Å². The van der Waals surface area contributed by atoms with Crippen LogP contribution in [0.5, 0.6) is 0 Å². The van der Waals surface area contributed by atoms with Crippen LogP contribution >= 0.6 is 27.0 Å². The molecule has 0 aromatic heterocycles. The number of hydrogen-bond acceptors (Lipinski definition) is 0. The van der Waals surface area contributed by atoms with E-state index >= 15 is 0 Å². The first kappa shape index (κ1) is 27.8. The van der Waals surface area contributed by atoms with Crippen molar-refractivity contribution in [2.75, 3.05) is 39.3 Å². The van der Waals surface area contributed by atoms with Gasteiger partial charge in [0.25, 0.3) is 5.00 Å². The molecule has 0 N–H and O–H groups in total. The molecular formula is C18H42I2N3P. The van der Waals surface area contributed by atoms with Crippen LogP contribution < -0.4 is 24.0 Å². The molecule has 0 aliphatic rings. The van der Waals surface area contributed by atoms with Gasteiger partial charge in [0.2, 0.25) is 0 Å². The topological polar surface area (TPSA) is 9.49 Å². The van der Waals surface area contributed by atoms with Crippen molar-refractivity contribution in [1.29, 1.82) is 0 Å². The van der Waals surface area contributed by atoms with Crippen molar-refractivity contribution < 1.29 is 28.3 Å². The monoisotopic (exact) mass is 585 g/mol. The van der Waals surface area contributed by atoms with Gasteiger partial charge in [0.15, 0.2) is 0 Å². The van der Waals surface area contributed by atoms with E-state index in [1.54, 1.807) is 0 Å². The van der Waals surface area contributed by atoms with E-state index in [-0.39, 0.29) is 24.0 Å². The maximum absolute atomic E-state index is 2.89. The predicted octanol–water partition coefficient (Wildman–Crippen LogP) is 3.45. The van der Waals surface area contributed by atoms with Crippen molar-refractivity contribution in [3.05, 3.63) is 0 Å². The molecule has 6 heteroatoms. The number of rotatable bonds is 14. The highest BCUT2D eigenvalue weighted by Gasteiger charge is 2.39. The van der Waals surface area contributed by atoms with E-state index in [0.29, 0.717) is 0 Å². The van der Waals surface area contributed by atoms with E-state index in [9.17, 15) is 0 Å². The summed E-state index contributed by atoms with van der Waals surface area (Å²) in [5, 5.41) is 0. The lowest BCUT2D eigenvalue weighted by atomic mass is 10.4. The summed E-state index contributed by atoms with van der Waals surface area (Å²) in [6, 6.07) is 0. The van der Waals surface area contributed by atoms with Crippen LogP contribution in [0.25, 0.3) is 0 Å². The van der Waals surface area contributed by atoms with Crippen LogP contribution in [0, 0.1) is 0 Å². The third kappa shape index (κ3) is 8.53. The Labute approximate surface area is 183 Å². The van der Waals surface area contributed by atoms with Gasteiger partial charge in [0, 0.05) is 39.0 Å². The van der Waals surface area contributed by atoms with Crippen LogP contribution in [0.1, 0.15) is 80.1 Å². The summed E-state index contributed by atoms with van der Waals surface area (Å²) in [5.41, 5.74) is 0. The van der Waals surface area contributed by atoms with E-state index in [1.165, 1.54) is 77.8 Å². The summed E-state index contributed by atoms with van der Waals surface area (Å²) in [4.78, 5) is -1.43. The molecule has 3 nitrogen and oxygen atoms in total. The van der Waals surface area contributed by atoms with Crippen molar-refractivity contribution in [2.45, 2.75) is 80.1 Å². The SMILES string of the molecule is CCCN(CCC)P(I)(N(CCC)CCC)=[N+](CCC)CCC.[I-]. The van der Waals surface area contributed by atoms with Gasteiger partial charge < -0.3 is 24.0 Å². The smallest absolute Gasteiger partial charge is 0.294 e. The lowest BCUT2D eigenvalue weighted by Crippen LogP contribution is -3.00. The second-order valence-electron chi connectivity index (χ2n) is 6.36. The lowest BCUT2D eigenvalue weighted by molar-refractivity contribution is -0.512. The first-order valence-corrected chi connectivity index (χ1v) is 14.3. The maximum atomic E-state index is 2.89. The first-order valence-electron chi connectivity index (χ1n) is 9.91. The zero-order valence-electron chi connectivity index (χ0n) is 17.0. The Morgan fingerprint density at radius 1 is 0.625 bits per heavy atom. The Morgan fingerprint density at radius 2 is 0.917 bits per heavy atom. The highest BCUT2D eigenvalue weighted by Crippen LogP contribution is 2.63. The summed E-state index contributed by atoms with van der Waals surface area (Å²) in [7, 11) is 0. The molecule has 0 unspecified atom stereocenters. The molecule has 0 aromatic carbocycles. The Morgan fingerprint density at radius 3 is 1.12 bits per heavy atom. The minimum atomic E-state index is -1.43. The van der Waals surface area contributed by atoms with Crippen molar-refractivity contribution in [3.8, 4) is 0 Å². The number of nitrogens with zero attached hydrogens (tertiary/aromatic N) is 3. The number of hydrogen-bond donors (Lipinski definition) is 0. The van der Waals surface area contributed by atoms with Crippen molar-refractivity contribution in [3.63, 3.8) is 0 Å². The molecule has 0 spiro atoms. The van der Waals surface area contributed by atoms with Crippen LogP contribution in [-0.4, -0.2) is 52.9 Å². The average molecular weight is 585 g/mol. The van der Waals surface area contributed by atoms with Gasteiger partial charge in [-0.15, -0.1) is 0 Å². The fourth-order valence-corrected chi connectivity index (χ4v) is 10.9. The van der Waals surface area contributed by atoms with Gasteiger partial charge >= 0.3 is 0 Å². The fourth-order valence-electron chi connectivity index (χ4n) is 3.18. The van der Waals surface area contributed by atoms with Crippen LogP contribution in [0.2, 0.25) is 0 Å². The molecule has 0 radical (unpaired) electrons. The maximum Gasteiger partial charge on any atom is 0.294 e. The summed E-state index contributed by atoms with van der Waals surface area (Å²) in [5.74, 6) is 0. The third-order valence-electron chi connectivity index (χ3n) is 3.97. The Bertz CT molecular complexity index is 311. The Kier molecular flexibility index (Phi) is 19.4. The molecule has 0 aliphatic heterocycles. The molecule has 0 saturated heterocycles. The molecule has 0 fully saturated rings. The summed E-state index contributed by atoms with van der Waals surface area (Å²) in [6.45, 7) is 21.4. The largest absolute Gasteiger partial charge is 1.00 e. The van der Waals surface area contributed by atoms with Gasteiger partial charge in [-0.05, 0) is 25.7 Å². The van der Waals surface area contributed by atoms with Crippen molar-refractivity contribution in [2.24, 2.45) is 0 Å². The van der Waals surface area contributed by atoms with Gasteiger partial charge in [-0.2, -0.15) is 0 Å². The fraction of sp³-hybridized carbons (Fsp3) is 1.00. The van der Waals surface area contributed by atoms with Gasteiger partial charge in [-0.3, -0.25) is 0 Å². The normalized spacial score (nSPS) is 11.9. The molecule has 148 valence electrons. The Balaban J connectivity index is 0. The zero-order chi connectivity index (χ0) is 17.7. The molecule has 0 aliphatic carbocycles. The van der Waals surface area contributed by atoms with E-state index < -0.39 is 5.00 Å². The third-order valence-corrected chi connectivity index (χ3v) is 12.8. The quantitative estimate of drug-likeness (QED) is 0.229. The number of halogens is 2. The molecule has 0 aromatic rings. The molecule has 0 amide bonds. The molecule has 0 heterocycles. The standard InChI is InChI=1S/C18H42IN3P.HI/c1-7-13-20(14-8-2)23(19,21(15-9-3)16-10-4)22(17-11-5)18-12-6;/h7-18H2,1-6H3;1H/q+1;/p-1. The van der Waals surface area contributed by atoms with Crippen LogP contribution in [0.15, 0.2) is 0 Å². The average Bonchev–Trinajstić information content (AvgIpc) is 2.53. The van der Waals surface area contributed by atoms with E-state index in [4.69, 9.17) is 0 Å². The van der Waals surface area contributed by atoms with E-state index in [1.807, 2.05) is 0 Å². The molecule has 0 atom stereocenters. The van der Waals surface area contributed by atoms with Gasteiger partial charge in [0.05, 0.1) is 22.0 Å². The summed E-state index contributed by atoms with van der Waals surface area (Å²) >= 11 is 2.89. The van der Waals surface area contributed by atoms with E-state index in [0.717, 1.165) is 0 Å². The molecular weight excluding hydrogens is 543 g/mol. The first-order chi connectivity index (χ1) is 11.1. The summed E-state index contributed by atoms with van der Waals surface area (Å²) in [6.07, 6.45) is 7.52. The molecule has 24 heavy (non-hydrogen) atoms. The second-order valence-corrected chi connectivity index (χ2v) is 12.9. The Hall–Kier alpha value is 1.61. The lowest BCUT2D eigenvalue weighted by Gasteiger charge is -2.38. The predicted molar refractivity (Wildman–Crippen MR) is 116 cm³/mol. The minimum Gasteiger partial charge on any atom is -1.00 e. The van der Waals surface area contributed by atoms with Crippen molar-refractivity contribution >= 4 is 27.0 Å². The van der Waals surface area contributed by atoms with Crippen LogP contribution in [-0.2, 0) is 0 Å². The van der Waals surface area contributed by atoms with Crippen LogP contribution in [0.4, 0.5) is 0 Å². The highest BCUT2D eigenvalue weighted by atomic mass is 127. The molecule has 0 bridgehead atoms. The zero-order valence-corrected chi connectivity index (χ0v) is 22.2. The second kappa shape index (κ2) is 16.8. The highest BCUT2D eigenvalue weighted by molar-refractivity contribution is 14.2.